The maximum Gasteiger partial charge on any atom is 0.248 e. The molecule has 0 aromatic heterocycles. The number of hydrogen-bond acceptors (Lipinski definition) is 4. The van der Waals surface area contributed by atoms with Gasteiger partial charge in [-0.3, -0.25) is 9.79 Å². The predicted octanol–water partition coefficient (Wildman–Crippen LogP) is 1.67. The number of aliphatic imine (C=N–C) groups is 1. The monoisotopic (exact) mass is 356 g/mol. The number of carbonyl (C=O) groups is 1. The maximum atomic E-state index is 11.1. The Morgan fingerprint density at radius 3 is 2.08 bits per heavy atom. The van der Waals surface area contributed by atoms with Gasteiger partial charge in [-0.1, -0.05) is 18.2 Å². The summed E-state index contributed by atoms with van der Waals surface area (Å²) in [6, 6.07) is 12.9. The number of ether oxygens (including phenoxy) is 2. The number of primary amides is 1. The minimum absolute atomic E-state index is 0.433. The smallest absolute Gasteiger partial charge is 0.248 e. The van der Waals surface area contributed by atoms with Gasteiger partial charge in [0, 0.05) is 25.7 Å². The van der Waals surface area contributed by atoms with Crippen LogP contribution < -0.4 is 25.8 Å². The van der Waals surface area contributed by atoms with Gasteiger partial charge in [-0.25, -0.2) is 0 Å². The number of rotatable bonds is 7. The van der Waals surface area contributed by atoms with Crippen LogP contribution in [0.3, 0.4) is 0 Å². The number of nitrogens with one attached hydrogen (secondary N) is 2. The fraction of sp³-hybridized carbons (Fsp3) is 0.263. The van der Waals surface area contributed by atoms with Crippen molar-refractivity contribution in [3.8, 4) is 11.5 Å². The number of methoxy groups -OCH3 is 2. The van der Waals surface area contributed by atoms with Crippen LogP contribution in [0.1, 0.15) is 21.5 Å². The maximum absolute atomic E-state index is 11.1. The molecule has 0 unspecified atom stereocenters. The van der Waals surface area contributed by atoms with E-state index in [4.69, 9.17) is 15.2 Å². The van der Waals surface area contributed by atoms with E-state index in [1.165, 1.54) is 0 Å². The van der Waals surface area contributed by atoms with E-state index in [0.29, 0.717) is 36.1 Å². The van der Waals surface area contributed by atoms with Crippen LogP contribution in [0.4, 0.5) is 0 Å². The molecule has 0 atom stereocenters. The molecule has 0 saturated heterocycles. The zero-order valence-electron chi connectivity index (χ0n) is 15.2. The third kappa shape index (κ3) is 5.14. The summed E-state index contributed by atoms with van der Waals surface area (Å²) in [7, 11) is 4.93. The molecule has 7 nitrogen and oxygen atoms in total. The summed E-state index contributed by atoms with van der Waals surface area (Å²) < 4.78 is 10.5. The summed E-state index contributed by atoms with van der Waals surface area (Å²) in [6.07, 6.45) is 0. The van der Waals surface area contributed by atoms with E-state index in [1.54, 1.807) is 33.4 Å². The standard InChI is InChI=1S/C19H24N4O3/c1-21-19(22-11-13-4-7-15(8-5-13)18(20)24)23-12-14-6-9-16(25-2)17(10-14)26-3/h4-10H,11-12H2,1-3H3,(H2,20,24)(H2,21,22,23). The second-order valence-corrected chi connectivity index (χ2v) is 5.53. The Kier molecular flexibility index (Phi) is 6.84. The average molecular weight is 356 g/mol. The number of hydrogen-bond donors (Lipinski definition) is 3. The molecule has 0 aliphatic heterocycles. The second-order valence-electron chi connectivity index (χ2n) is 5.53. The lowest BCUT2D eigenvalue weighted by Gasteiger charge is -2.13. The van der Waals surface area contributed by atoms with Crippen LogP contribution in [0, 0.1) is 0 Å². The molecular weight excluding hydrogens is 332 g/mol. The third-order valence-corrected chi connectivity index (χ3v) is 3.83. The lowest BCUT2D eigenvalue weighted by atomic mass is 10.1. The van der Waals surface area contributed by atoms with Crippen molar-refractivity contribution in [3.05, 3.63) is 59.2 Å². The van der Waals surface area contributed by atoms with Gasteiger partial charge in [-0.2, -0.15) is 0 Å². The Hall–Kier alpha value is -3.22. The van der Waals surface area contributed by atoms with Crippen LogP contribution in [-0.2, 0) is 13.1 Å². The van der Waals surface area contributed by atoms with Gasteiger partial charge >= 0.3 is 0 Å². The molecule has 0 bridgehead atoms. The highest BCUT2D eigenvalue weighted by Gasteiger charge is 2.06. The summed E-state index contributed by atoms with van der Waals surface area (Å²) in [5, 5.41) is 6.47. The van der Waals surface area contributed by atoms with Crippen LogP contribution in [-0.4, -0.2) is 33.1 Å². The molecule has 0 aliphatic rings. The predicted molar refractivity (Wildman–Crippen MR) is 102 cm³/mol. The van der Waals surface area contributed by atoms with Crippen molar-refractivity contribution in [2.24, 2.45) is 10.7 Å². The van der Waals surface area contributed by atoms with Crippen LogP contribution in [0.5, 0.6) is 11.5 Å². The largest absolute Gasteiger partial charge is 0.493 e. The molecule has 0 heterocycles. The zero-order valence-corrected chi connectivity index (χ0v) is 15.2. The fourth-order valence-corrected chi connectivity index (χ4v) is 2.37. The van der Waals surface area contributed by atoms with Crippen LogP contribution in [0.25, 0.3) is 0 Å². The Bertz CT molecular complexity index is 773. The number of amides is 1. The van der Waals surface area contributed by atoms with E-state index >= 15 is 0 Å². The van der Waals surface area contributed by atoms with Crippen molar-refractivity contribution in [1.29, 1.82) is 0 Å². The molecule has 0 radical (unpaired) electrons. The number of guanidine groups is 1. The van der Waals surface area contributed by atoms with E-state index in [0.717, 1.165) is 11.1 Å². The van der Waals surface area contributed by atoms with Gasteiger partial charge in [-0.05, 0) is 35.4 Å². The van der Waals surface area contributed by atoms with Gasteiger partial charge in [0.2, 0.25) is 5.91 Å². The fourth-order valence-electron chi connectivity index (χ4n) is 2.37. The minimum Gasteiger partial charge on any atom is -0.493 e. The molecular formula is C19H24N4O3. The molecule has 0 aliphatic carbocycles. The molecule has 1 amide bonds. The van der Waals surface area contributed by atoms with Gasteiger partial charge in [0.15, 0.2) is 17.5 Å². The molecule has 0 saturated carbocycles. The quantitative estimate of drug-likeness (QED) is 0.518. The topological polar surface area (TPSA) is 98.0 Å². The van der Waals surface area contributed by atoms with Gasteiger partial charge in [0.1, 0.15) is 0 Å². The van der Waals surface area contributed by atoms with Crippen LogP contribution in [0.2, 0.25) is 0 Å². The van der Waals surface area contributed by atoms with Crippen molar-refractivity contribution in [2.45, 2.75) is 13.1 Å². The Labute approximate surface area is 153 Å². The van der Waals surface area contributed by atoms with E-state index in [9.17, 15) is 4.79 Å². The molecule has 138 valence electrons. The van der Waals surface area contributed by atoms with Gasteiger partial charge in [0.05, 0.1) is 14.2 Å². The lowest BCUT2D eigenvalue weighted by molar-refractivity contribution is 0.100. The first-order chi connectivity index (χ1) is 12.6. The van der Waals surface area contributed by atoms with Crippen molar-refractivity contribution in [3.63, 3.8) is 0 Å². The van der Waals surface area contributed by atoms with Crippen molar-refractivity contribution >= 4 is 11.9 Å². The molecule has 2 aromatic rings. The third-order valence-electron chi connectivity index (χ3n) is 3.83. The number of benzene rings is 2. The average Bonchev–Trinajstić information content (AvgIpc) is 2.68. The summed E-state index contributed by atoms with van der Waals surface area (Å²) in [5.41, 5.74) is 7.79. The first-order valence-electron chi connectivity index (χ1n) is 8.11. The molecule has 0 fully saturated rings. The zero-order chi connectivity index (χ0) is 18.9. The summed E-state index contributed by atoms with van der Waals surface area (Å²) in [5.74, 6) is 1.61. The summed E-state index contributed by atoms with van der Waals surface area (Å²) >= 11 is 0. The molecule has 7 heteroatoms. The van der Waals surface area contributed by atoms with E-state index in [2.05, 4.69) is 15.6 Å². The minimum atomic E-state index is -0.433. The Balaban J connectivity index is 1.90. The first kappa shape index (κ1) is 19.1. The number of nitrogens with two attached hydrogens (primary N) is 1. The number of carbonyl (C=O) groups excluding carboxylic acids is 1. The van der Waals surface area contributed by atoms with E-state index in [-0.39, 0.29) is 0 Å². The van der Waals surface area contributed by atoms with Gasteiger partial charge in [-0.15, -0.1) is 0 Å². The highest BCUT2D eigenvalue weighted by atomic mass is 16.5. The lowest BCUT2D eigenvalue weighted by Crippen LogP contribution is -2.36. The van der Waals surface area contributed by atoms with Gasteiger partial charge < -0.3 is 25.8 Å². The first-order valence-corrected chi connectivity index (χ1v) is 8.11. The van der Waals surface area contributed by atoms with Crippen LogP contribution in [0.15, 0.2) is 47.5 Å². The highest BCUT2D eigenvalue weighted by molar-refractivity contribution is 5.92. The summed E-state index contributed by atoms with van der Waals surface area (Å²) in [4.78, 5) is 15.3. The highest BCUT2D eigenvalue weighted by Crippen LogP contribution is 2.27. The molecule has 4 N–H and O–H groups in total. The van der Waals surface area contributed by atoms with Crippen molar-refractivity contribution in [2.75, 3.05) is 21.3 Å². The van der Waals surface area contributed by atoms with Crippen molar-refractivity contribution in [1.82, 2.24) is 10.6 Å². The molecule has 2 rings (SSSR count). The van der Waals surface area contributed by atoms with Gasteiger partial charge in [0.25, 0.3) is 0 Å². The molecule has 26 heavy (non-hydrogen) atoms. The molecule has 0 spiro atoms. The van der Waals surface area contributed by atoms with E-state index < -0.39 is 5.91 Å². The Morgan fingerprint density at radius 2 is 1.54 bits per heavy atom. The van der Waals surface area contributed by atoms with E-state index in [1.807, 2.05) is 30.3 Å². The normalized spacial score (nSPS) is 11.0. The van der Waals surface area contributed by atoms with Crippen molar-refractivity contribution < 1.29 is 14.3 Å². The second kappa shape index (κ2) is 9.31. The van der Waals surface area contributed by atoms with Crippen LogP contribution >= 0.6 is 0 Å². The SMILES string of the molecule is CN=C(NCc1ccc(C(N)=O)cc1)NCc1ccc(OC)c(OC)c1. The number of nitrogens with zero attached hydrogens (tertiary/aromatic N) is 1. The Morgan fingerprint density at radius 1 is 0.962 bits per heavy atom. The molecule has 2 aromatic carbocycles. The summed E-state index contributed by atoms with van der Waals surface area (Å²) in [6.45, 7) is 1.16.